The molecule has 0 radical (unpaired) electrons. The second kappa shape index (κ2) is 12.9. The van der Waals surface area contributed by atoms with Crippen LogP contribution in [0.25, 0.3) is 22.0 Å². The SMILES string of the molecule is CCCN(CC)Cc1cc(NC(=O)Nc2cc(-c3cc4cnc(NC)cc4n(CC)c3=O)c(C)cc2F)ccc1F. The minimum Gasteiger partial charge on any atom is -0.373 e. The maximum Gasteiger partial charge on any atom is 0.323 e. The van der Waals surface area contributed by atoms with Crippen LogP contribution < -0.4 is 21.5 Å². The lowest BCUT2D eigenvalue weighted by Crippen LogP contribution is -2.24. The number of hydrogen-bond acceptors (Lipinski definition) is 5. The van der Waals surface area contributed by atoms with Crippen molar-refractivity contribution in [1.29, 1.82) is 0 Å². The molecule has 10 heteroatoms. The van der Waals surface area contributed by atoms with Crippen molar-refractivity contribution in [3.8, 4) is 11.1 Å². The van der Waals surface area contributed by atoms with Crippen molar-refractivity contribution in [2.45, 2.75) is 47.2 Å². The molecule has 8 nitrogen and oxygen atoms in total. The lowest BCUT2D eigenvalue weighted by Gasteiger charge is -2.20. The monoisotopic (exact) mass is 562 g/mol. The smallest absolute Gasteiger partial charge is 0.323 e. The largest absolute Gasteiger partial charge is 0.373 e. The van der Waals surface area contributed by atoms with E-state index in [1.807, 2.05) is 19.9 Å². The quantitative estimate of drug-likeness (QED) is 0.203. The molecule has 216 valence electrons. The molecule has 41 heavy (non-hydrogen) atoms. The molecule has 0 spiro atoms. The molecule has 0 atom stereocenters. The van der Waals surface area contributed by atoms with Crippen molar-refractivity contribution < 1.29 is 13.6 Å². The molecule has 4 rings (SSSR count). The van der Waals surface area contributed by atoms with Crippen molar-refractivity contribution in [2.24, 2.45) is 0 Å². The average Bonchev–Trinajstić information content (AvgIpc) is 2.95. The molecule has 2 aromatic heterocycles. The van der Waals surface area contributed by atoms with E-state index < -0.39 is 11.8 Å². The van der Waals surface area contributed by atoms with Crippen LogP contribution in [-0.2, 0) is 13.1 Å². The number of pyridine rings is 2. The third-order valence-electron chi connectivity index (χ3n) is 7.09. The summed E-state index contributed by atoms with van der Waals surface area (Å²) in [5.41, 5.74) is 2.66. The maximum atomic E-state index is 15.0. The van der Waals surface area contributed by atoms with Gasteiger partial charge in [0, 0.05) is 54.6 Å². The topological polar surface area (TPSA) is 91.3 Å². The van der Waals surface area contributed by atoms with Gasteiger partial charge in [0.05, 0.1) is 11.2 Å². The number of fused-ring (bicyclic) bond motifs is 1. The number of halogens is 2. The number of urea groups is 1. The zero-order valence-electron chi connectivity index (χ0n) is 24.1. The first-order valence-corrected chi connectivity index (χ1v) is 13.8. The number of aromatic nitrogens is 2. The van der Waals surface area contributed by atoms with Crippen LogP contribution in [0.15, 0.2) is 53.5 Å². The third-order valence-corrected chi connectivity index (χ3v) is 7.09. The van der Waals surface area contributed by atoms with Gasteiger partial charge in [-0.1, -0.05) is 13.8 Å². The number of nitrogens with zero attached hydrogens (tertiary/aromatic N) is 3. The van der Waals surface area contributed by atoms with Crippen molar-refractivity contribution in [1.82, 2.24) is 14.5 Å². The van der Waals surface area contributed by atoms with Gasteiger partial charge in [0.2, 0.25) is 0 Å². The van der Waals surface area contributed by atoms with Gasteiger partial charge in [0.1, 0.15) is 17.5 Å². The van der Waals surface area contributed by atoms with Crippen LogP contribution in [-0.4, -0.2) is 40.6 Å². The summed E-state index contributed by atoms with van der Waals surface area (Å²) in [6, 6.07) is 9.95. The van der Waals surface area contributed by atoms with Crippen LogP contribution in [0.5, 0.6) is 0 Å². The molecule has 0 saturated carbocycles. The van der Waals surface area contributed by atoms with E-state index in [2.05, 4.69) is 32.8 Å². The minimum atomic E-state index is -0.689. The predicted octanol–water partition coefficient (Wildman–Crippen LogP) is 6.59. The molecule has 0 unspecified atom stereocenters. The van der Waals surface area contributed by atoms with Gasteiger partial charge in [0.15, 0.2) is 0 Å². The Morgan fingerprint density at radius 2 is 1.78 bits per heavy atom. The van der Waals surface area contributed by atoms with E-state index in [9.17, 15) is 14.0 Å². The Balaban J connectivity index is 1.63. The Morgan fingerprint density at radius 1 is 1.00 bits per heavy atom. The summed E-state index contributed by atoms with van der Waals surface area (Å²) >= 11 is 0. The molecule has 0 aliphatic rings. The van der Waals surface area contributed by atoms with E-state index in [-0.39, 0.29) is 17.1 Å². The van der Waals surface area contributed by atoms with Crippen molar-refractivity contribution in [3.63, 3.8) is 0 Å². The standard InChI is InChI=1S/C31H36F2N6O2/c1-6-11-38(7-2)18-21-13-22(9-10-25(21)32)36-31(41)37-27-15-23(19(4)12-26(27)33)24-14-20-17-35-29(34-5)16-28(20)39(8-3)30(24)40/h9-10,12-17H,6-8,11,18H2,1-5H3,(H,34,35)(H2,36,37,41). The first kappa shape index (κ1) is 29.7. The van der Waals surface area contributed by atoms with Crippen LogP contribution in [0, 0.1) is 18.6 Å². The molecule has 0 fully saturated rings. The van der Waals surface area contributed by atoms with Crippen molar-refractivity contribution >= 4 is 34.1 Å². The van der Waals surface area contributed by atoms with Gasteiger partial charge >= 0.3 is 6.03 Å². The zero-order valence-corrected chi connectivity index (χ0v) is 24.1. The second-order valence-electron chi connectivity index (χ2n) is 9.89. The highest BCUT2D eigenvalue weighted by Crippen LogP contribution is 2.29. The highest BCUT2D eigenvalue weighted by molar-refractivity contribution is 6.00. The van der Waals surface area contributed by atoms with Gasteiger partial charge in [-0.15, -0.1) is 0 Å². The molecule has 2 heterocycles. The molecule has 2 aromatic carbocycles. The average molecular weight is 563 g/mol. The first-order chi connectivity index (χ1) is 19.7. The number of nitrogens with one attached hydrogen (secondary N) is 3. The normalized spacial score (nSPS) is 11.2. The molecular formula is C31H36F2N6O2. The summed E-state index contributed by atoms with van der Waals surface area (Å²) in [6.07, 6.45) is 2.63. The lowest BCUT2D eigenvalue weighted by molar-refractivity contribution is 0.262. The fourth-order valence-corrected chi connectivity index (χ4v) is 4.94. The summed E-state index contributed by atoms with van der Waals surface area (Å²) < 4.78 is 31.1. The molecular weight excluding hydrogens is 526 g/mol. The molecule has 0 saturated heterocycles. The van der Waals surface area contributed by atoms with E-state index in [0.29, 0.717) is 46.8 Å². The van der Waals surface area contributed by atoms with Gasteiger partial charge in [-0.2, -0.15) is 0 Å². The van der Waals surface area contributed by atoms with Gasteiger partial charge in [-0.3, -0.25) is 9.69 Å². The Bertz CT molecular complexity index is 1640. The number of anilines is 3. The molecule has 0 aliphatic heterocycles. The van der Waals surface area contributed by atoms with Crippen molar-refractivity contribution in [3.05, 3.63) is 81.8 Å². The van der Waals surface area contributed by atoms with E-state index in [1.165, 1.54) is 24.3 Å². The summed E-state index contributed by atoms with van der Waals surface area (Å²) in [6.45, 7) is 10.1. The summed E-state index contributed by atoms with van der Waals surface area (Å²) in [4.78, 5) is 32.9. The number of carbonyl (C=O) groups excluding carboxylic acids is 1. The molecule has 0 aliphatic carbocycles. The summed E-state index contributed by atoms with van der Waals surface area (Å²) in [5, 5.41) is 8.94. The summed E-state index contributed by atoms with van der Waals surface area (Å²) in [5.74, 6) is -0.360. The van der Waals surface area contributed by atoms with Crippen LogP contribution in [0.4, 0.5) is 30.8 Å². The Kier molecular flexibility index (Phi) is 9.34. The van der Waals surface area contributed by atoms with Gasteiger partial charge in [-0.05, 0) is 80.9 Å². The Labute approximate surface area is 238 Å². The van der Waals surface area contributed by atoms with Gasteiger partial charge < -0.3 is 20.5 Å². The van der Waals surface area contributed by atoms with Crippen LogP contribution >= 0.6 is 0 Å². The number of aryl methyl sites for hydroxylation is 2. The molecule has 3 N–H and O–H groups in total. The maximum absolute atomic E-state index is 15.0. The Morgan fingerprint density at radius 3 is 2.46 bits per heavy atom. The zero-order chi connectivity index (χ0) is 29.7. The molecule has 2 amide bonds. The van der Waals surface area contributed by atoms with E-state index in [0.717, 1.165) is 30.4 Å². The number of carbonyl (C=O) groups is 1. The fourth-order valence-electron chi connectivity index (χ4n) is 4.94. The highest BCUT2D eigenvalue weighted by Gasteiger charge is 2.17. The van der Waals surface area contributed by atoms with Gasteiger partial charge in [0.25, 0.3) is 5.56 Å². The molecule has 4 aromatic rings. The number of rotatable bonds is 10. The fraction of sp³-hybridized carbons (Fsp3) is 0.323. The number of hydrogen-bond donors (Lipinski definition) is 3. The number of benzene rings is 2. The lowest BCUT2D eigenvalue weighted by atomic mass is 9.99. The van der Waals surface area contributed by atoms with Crippen molar-refractivity contribution in [2.75, 3.05) is 36.1 Å². The van der Waals surface area contributed by atoms with Crippen LogP contribution in [0.1, 0.15) is 38.3 Å². The molecule has 0 bridgehead atoms. The summed E-state index contributed by atoms with van der Waals surface area (Å²) in [7, 11) is 1.76. The van der Waals surface area contributed by atoms with Crippen LogP contribution in [0.3, 0.4) is 0 Å². The van der Waals surface area contributed by atoms with E-state index >= 15 is 4.39 Å². The second-order valence-corrected chi connectivity index (χ2v) is 9.89. The predicted molar refractivity (Wildman–Crippen MR) is 162 cm³/mol. The highest BCUT2D eigenvalue weighted by atomic mass is 19.1. The first-order valence-electron chi connectivity index (χ1n) is 13.8. The van der Waals surface area contributed by atoms with E-state index in [4.69, 9.17) is 0 Å². The van der Waals surface area contributed by atoms with Crippen LogP contribution in [0.2, 0.25) is 0 Å². The van der Waals surface area contributed by atoms with E-state index in [1.54, 1.807) is 36.9 Å². The minimum absolute atomic E-state index is 0.0864. The number of amides is 2. The third kappa shape index (κ3) is 6.54. The Hall–Kier alpha value is -4.31. The van der Waals surface area contributed by atoms with Gasteiger partial charge in [-0.25, -0.2) is 18.6 Å².